The summed E-state index contributed by atoms with van der Waals surface area (Å²) in [5.41, 5.74) is 0.229. The Balaban J connectivity index is 2.00. The van der Waals surface area contributed by atoms with Gasteiger partial charge < -0.3 is 4.98 Å². The van der Waals surface area contributed by atoms with Gasteiger partial charge in [-0.15, -0.1) is 10.2 Å². The lowest BCUT2D eigenvalue weighted by Crippen LogP contribution is -2.21. The molecule has 0 saturated carbocycles. The molecule has 0 radical (unpaired) electrons. The zero-order chi connectivity index (χ0) is 15.0. The van der Waals surface area contributed by atoms with E-state index in [4.69, 9.17) is 11.6 Å². The number of hydrogen-bond acceptors (Lipinski definition) is 5. The third-order valence-electron chi connectivity index (χ3n) is 2.83. The molecule has 0 fully saturated rings. The number of aryl methyl sites for hydroxylation is 1. The lowest BCUT2D eigenvalue weighted by atomic mass is 10.1. The first-order chi connectivity index (χ1) is 10.0. The van der Waals surface area contributed by atoms with E-state index in [1.54, 1.807) is 25.1 Å². The number of nitrogens with one attached hydrogen (secondary N) is 2. The molecule has 0 aliphatic rings. The van der Waals surface area contributed by atoms with Crippen molar-refractivity contribution in [3.63, 3.8) is 0 Å². The van der Waals surface area contributed by atoms with Crippen LogP contribution in [0, 0.1) is 6.92 Å². The lowest BCUT2D eigenvalue weighted by molar-refractivity contribution is 0.102. The lowest BCUT2D eigenvalue weighted by Gasteiger charge is -2.03. The smallest absolute Gasteiger partial charge is 0.262 e. The van der Waals surface area contributed by atoms with E-state index in [1.165, 1.54) is 17.5 Å². The van der Waals surface area contributed by atoms with Crippen molar-refractivity contribution < 1.29 is 4.79 Å². The Hall–Kier alpha value is -2.25. The molecule has 3 aromatic rings. The van der Waals surface area contributed by atoms with E-state index >= 15 is 0 Å². The fourth-order valence-corrected chi connectivity index (χ4v) is 2.63. The molecule has 0 aliphatic carbocycles. The fourth-order valence-electron chi connectivity index (χ4n) is 1.87. The SMILES string of the molecule is Cc1nnc(NC(=O)c2c[nH]c3cc(Cl)ccc3c2=O)s1. The molecule has 2 heterocycles. The minimum Gasteiger partial charge on any atom is -0.360 e. The summed E-state index contributed by atoms with van der Waals surface area (Å²) in [5, 5.41) is 12.1. The second-order valence-electron chi connectivity index (χ2n) is 4.30. The number of aromatic nitrogens is 3. The van der Waals surface area contributed by atoms with Crippen molar-refractivity contribution >= 4 is 44.9 Å². The molecule has 21 heavy (non-hydrogen) atoms. The summed E-state index contributed by atoms with van der Waals surface area (Å²) >= 11 is 7.11. The van der Waals surface area contributed by atoms with E-state index < -0.39 is 5.91 Å². The summed E-state index contributed by atoms with van der Waals surface area (Å²) in [7, 11) is 0. The van der Waals surface area contributed by atoms with Crippen LogP contribution in [0.5, 0.6) is 0 Å². The predicted octanol–water partition coefficient (Wildman–Crippen LogP) is 2.59. The van der Waals surface area contributed by atoms with Gasteiger partial charge in [-0.1, -0.05) is 22.9 Å². The quantitative estimate of drug-likeness (QED) is 0.759. The molecule has 0 atom stereocenters. The molecule has 0 unspecified atom stereocenters. The van der Waals surface area contributed by atoms with Gasteiger partial charge in [0, 0.05) is 16.6 Å². The number of amides is 1. The number of benzene rings is 1. The van der Waals surface area contributed by atoms with Crippen LogP contribution in [0.1, 0.15) is 15.4 Å². The third kappa shape index (κ3) is 2.65. The van der Waals surface area contributed by atoms with E-state index in [-0.39, 0.29) is 11.0 Å². The van der Waals surface area contributed by atoms with Crippen molar-refractivity contribution in [2.45, 2.75) is 6.92 Å². The second kappa shape index (κ2) is 5.27. The van der Waals surface area contributed by atoms with Crippen LogP contribution in [0.2, 0.25) is 5.02 Å². The third-order valence-corrected chi connectivity index (χ3v) is 3.82. The van der Waals surface area contributed by atoms with Crippen LogP contribution in [0.3, 0.4) is 0 Å². The monoisotopic (exact) mass is 320 g/mol. The van der Waals surface area contributed by atoms with E-state index in [0.29, 0.717) is 21.1 Å². The highest BCUT2D eigenvalue weighted by Crippen LogP contribution is 2.17. The van der Waals surface area contributed by atoms with Crippen LogP contribution in [0.25, 0.3) is 10.9 Å². The Morgan fingerprint density at radius 1 is 1.38 bits per heavy atom. The molecular weight excluding hydrogens is 312 g/mol. The molecule has 3 rings (SSSR count). The van der Waals surface area contributed by atoms with Crippen molar-refractivity contribution in [1.82, 2.24) is 15.2 Å². The zero-order valence-electron chi connectivity index (χ0n) is 10.8. The highest BCUT2D eigenvalue weighted by Gasteiger charge is 2.14. The van der Waals surface area contributed by atoms with E-state index in [1.807, 2.05) is 0 Å². The average molecular weight is 321 g/mol. The Kier molecular flexibility index (Phi) is 3.44. The summed E-state index contributed by atoms with van der Waals surface area (Å²) < 4.78 is 0. The Bertz CT molecular complexity index is 903. The van der Waals surface area contributed by atoms with Gasteiger partial charge in [-0.3, -0.25) is 14.9 Å². The van der Waals surface area contributed by atoms with Gasteiger partial charge in [-0.25, -0.2) is 0 Å². The average Bonchev–Trinajstić information content (AvgIpc) is 2.84. The van der Waals surface area contributed by atoms with Gasteiger partial charge in [0.15, 0.2) is 0 Å². The van der Waals surface area contributed by atoms with Crippen LogP contribution in [-0.4, -0.2) is 21.1 Å². The van der Waals surface area contributed by atoms with Gasteiger partial charge in [0.05, 0.1) is 5.52 Å². The van der Waals surface area contributed by atoms with E-state index in [9.17, 15) is 9.59 Å². The van der Waals surface area contributed by atoms with Crippen molar-refractivity contribution in [2.75, 3.05) is 5.32 Å². The molecule has 8 heteroatoms. The summed E-state index contributed by atoms with van der Waals surface area (Å²) in [6.07, 6.45) is 1.37. The molecule has 6 nitrogen and oxygen atoms in total. The molecule has 106 valence electrons. The first kappa shape index (κ1) is 13.7. The summed E-state index contributed by atoms with van der Waals surface area (Å²) in [6.45, 7) is 1.78. The van der Waals surface area contributed by atoms with Gasteiger partial charge >= 0.3 is 0 Å². The van der Waals surface area contributed by atoms with Crippen LogP contribution >= 0.6 is 22.9 Å². The summed E-state index contributed by atoms with van der Waals surface area (Å²) in [6, 6.07) is 4.82. The topological polar surface area (TPSA) is 87.7 Å². The maximum absolute atomic E-state index is 12.3. The second-order valence-corrected chi connectivity index (χ2v) is 5.92. The number of carbonyl (C=O) groups is 1. The van der Waals surface area contributed by atoms with Crippen molar-refractivity contribution in [1.29, 1.82) is 0 Å². The number of carbonyl (C=O) groups excluding carboxylic acids is 1. The molecular formula is C13H9ClN4O2S. The van der Waals surface area contributed by atoms with Gasteiger partial charge in [-0.2, -0.15) is 0 Å². The number of hydrogen-bond donors (Lipinski definition) is 2. The summed E-state index contributed by atoms with van der Waals surface area (Å²) in [5.74, 6) is -0.524. The maximum atomic E-state index is 12.3. The number of rotatable bonds is 2. The molecule has 0 bridgehead atoms. The van der Waals surface area contributed by atoms with Gasteiger partial charge in [-0.05, 0) is 25.1 Å². The van der Waals surface area contributed by atoms with Crippen LogP contribution in [0.4, 0.5) is 5.13 Å². The first-order valence-electron chi connectivity index (χ1n) is 5.97. The largest absolute Gasteiger partial charge is 0.360 e. The van der Waals surface area contributed by atoms with Crippen LogP contribution < -0.4 is 10.7 Å². The molecule has 1 aromatic carbocycles. The number of nitrogens with zero attached hydrogens (tertiary/aromatic N) is 2. The highest BCUT2D eigenvalue weighted by molar-refractivity contribution is 7.15. The Morgan fingerprint density at radius 3 is 2.90 bits per heavy atom. The van der Waals surface area contributed by atoms with Crippen LogP contribution in [0.15, 0.2) is 29.2 Å². The molecule has 0 saturated heterocycles. The van der Waals surface area contributed by atoms with E-state index in [2.05, 4.69) is 20.5 Å². The van der Waals surface area contributed by atoms with Gasteiger partial charge in [0.25, 0.3) is 5.91 Å². The van der Waals surface area contributed by atoms with E-state index in [0.717, 1.165) is 5.01 Å². The van der Waals surface area contributed by atoms with Gasteiger partial charge in [0.1, 0.15) is 10.6 Å². The normalized spacial score (nSPS) is 10.8. The van der Waals surface area contributed by atoms with Crippen molar-refractivity contribution in [3.8, 4) is 0 Å². The Labute approximate surface area is 127 Å². The van der Waals surface area contributed by atoms with Crippen molar-refractivity contribution in [3.05, 3.63) is 50.2 Å². The van der Waals surface area contributed by atoms with Crippen molar-refractivity contribution in [2.24, 2.45) is 0 Å². The molecule has 2 N–H and O–H groups in total. The molecule has 0 spiro atoms. The molecule has 1 amide bonds. The maximum Gasteiger partial charge on any atom is 0.262 e. The van der Waals surface area contributed by atoms with Gasteiger partial charge in [0.2, 0.25) is 10.6 Å². The standard InChI is InChI=1S/C13H9ClN4O2S/c1-6-17-18-13(21-6)16-12(20)9-5-15-10-4-7(14)2-3-8(10)11(9)19/h2-5H,1H3,(H,15,19)(H,16,18,20). The first-order valence-corrected chi connectivity index (χ1v) is 7.16. The molecule has 0 aliphatic heterocycles. The van der Waals surface area contributed by atoms with Crippen LogP contribution in [-0.2, 0) is 0 Å². The fraction of sp³-hybridized carbons (Fsp3) is 0.0769. The Morgan fingerprint density at radius 2 is 2.19 bits per heavy atom. The molecule has 2 aromatic heterocycles. The highest BCUT2D eigenvalue weighted by atomic mass is 35.5. The number of H-pyrrole nitrogens is 1. The number of fused-ring (bicyclic) bond motifs is 1. The minimum atomic E-state index is -0.524. The number of halogens is 1. The predicted molar refractivity (Wildman–Crippen MR) is 82.2 cm³/mol. The summed E-state index contributed by atoms with van der Waals surface area (Å²) in [4.78, 5) is 27.4. The number of anilines is 1. The minimum absolute atomic E-state index is 0.0117. The number of aromatic amines is 1. The zero-order valence-corrected chi connectivity index (χ0v) is 12.4. The number of pyridine rings is 1.